The lowest BCUT2D eigenvalue weighted by atomic mass is 9.95. The van der Waals surface area contributed by atoms with Gasteiger partial charge in [-0.05, 0) is 37.8 Å². The second-order valence-corrected chi connectivity index (χ2v) is 7.88. The Hall–Kier alpha value is -2.22. The molecule has 2 aliphatic heterocycles. The zero-order valence-corrected chi connectivity index (χ0v) is 15.1. The van der Waals surface area contributed by atoms with E-state index in [1.54, 1.807) is 12.5 Å². The van der Waals surface area contributed by atoms with E-state index in [9.17, 15) is 4.79 Å². The number of carbonyl (C=O) groups excluding carboxylic acids is 1. The standard InChI is InChI=1S/C18H25N7O/c1-23-15(10-24-7-4-19-11-24)21-22-17(23)12-2-5-25(6-3-12)18(26)16-13-8-20-9-14(13)16/h4,7,11-14,16,20H,2-3,5-6,8-10H2,1H3. The van der Waals surface area contributed by atoms with Gasteiger partial charge in [0.25, 0.3) is 0 Å². The number of nitrogens with zero attached hydrogens (tertiary/aromatic N) is 6. The number of hydrogen-bond donors (Lipinski definition) is 1. The first-order valence-corrected chi connectivity index (χ1v) is 9.56. The molecule has 8 heteroatoms. The summed E-state index contributed by atoms with van der Waals surface area (Å²) in [6.07, 6.45) is 7.45. The van der Waals surface area contributed by atoms with Crippen molar-refractivity contribution in [3.63, 3.8) is 0 Å². The SMILES string of the molecule is Cn1c(Cn2ccnc2)nnc1C1CCN(C(=O)C2C3CNCC32)CC1. The quantitative estimate of drug-likeness (QED) is 0.849. The van der Waals surface area contributed by atoms with Gasteiger partial charge in [0.15, 0.2) is 5.82 Å². The van der Waals surface area contributed by atoms with E-state index in [0.717, 1.165) is 50.7 Å². The molecule has 4 heterocycles. The molecule has 0 radical (unpaired) electrons. The van der Waals surface area contributed by atoms with Gasteiger partial charge in [0.2, 0.25) is 5.91 Å². The van der Waals surface area contributed by atoms with Gasteiger partial charge in [0.05, 0.1) is 12.9 Å². The van der Waals surface area contributed by atoms with Gasteiger partial charge < -0.3 is 19.4 Å². The summed E-state index contributed by atoms with van der Waals surface area (Å²) in [7, 11) is 2.04. The first-order valence-electron chi connectivity index (χ1n) is 9.56. The van der Waals surface area contributed by atoms with Crippen LogP contribution in [0.2, 0.25) is 0 Å². The Morgan fingerprint density at radius 1 is 1.23 bits per heavy atom. The van der Waals surface area contributed by atoms with Gasteiger partial charge in [-0.1, -0.05) is 0 Å². The fourth-order valence-corrected chi connectivity index (χ4v) is 4.77. The summed E-state index contributed by atoms with van der Waals surface area (Å²) in [6, 6.07) is 0. The van der Waals surface area contributed by atoms with Crippen molar-refractivity contribution in [2.75, 3.05) is 26.2 Å². The number of imidazole rings is 1. The van der Waals surface area contributed by atoms with E-state index >= 15 is 0 Å². The predicted octanol–water partition coefficient (Wildman–Crippen LogP) is 0.231. The van der Waals surface area contributed by atoms with Crippen LogP contribution in [0.1, 0.15) is 30.4 Å². The summed E-state index contributed by atoms with van der Waals surface area (Å²) in [5, 5.41) is 12.2. The van der Waals surface area contributed by atoms with Crippen molar-refractivity contribution in [2.45, 2.75) is 25.3 Å². The smallest absolute Gasteiger partial charge is 0.226 e. The van der Waals surface area contributed by atoms with Gasteiger partial charge in [-0.25, -0.2) is 4.98 Å². The van der Waals surface area contributed by atoms with Crippen molar-refractivity contribution in [1.82, 2.24) is 34.5 Å². The van der Waals surface area contributed by atoms with Crippen LogP contribution in [0.4, 0.5) is 0 Å². The molecule has 2 aromatic rings. The number of rotatable bonds is 4. The summed E-state index contributed by atoms with van der Waals surface area (Å²) in [4.78, 5) is 18.9. The molecule has 0 aromatic carbocycles. The fourth-order valence-electron chi connectivity index (χ4n) is 4.77. The van der Waals surface area contributed by atoms with Crippen LogP contribution < -0.4 is 5.32 Å². The molecule has 0 spiro atoms. The molecule has 2 atom stereocenters. The van der Waals surface area contributed by atoms with E-state index in [2.05, 4.69) is 30.0 Å². The Balaban J connectivity index is 1.20. The molecule has 1 aliphatic carbocycles. The molecule has 26 heavy (non-hydrogen) atoms. The minimum atomic E-state index is 0.296. The van der Waals surface area contributed by atoms with Gasteiger partial charge in [-0.2, -0.15) is 0 Å². The molecule has 0 bridgehead atoms. The van der Waals surface area contributed by atoms with Gasteiger partial charge in [-0.15, -0.1) is 10.2 Å². The maximum atomic E-state index is 12.7. The number of carbonyl (C=O) groups is 1. The molecule has 8 nitrogen and oxygen atoms in total. The molecule has 1 saturated carbocycles. The third kappa shape index (κ3) is 2.63. The molecule has 5 rings (SSSR count). The average Bonchev–Trinajstić information content (AvgIpc) is 3.12. The third-order valence-electron chi connectivity index (χ3n) is 6.43. The zero-order chi connectivity index (χ0) is 17.7. The number of amides is 1. The molecular formula is C18H25N7O. The van der Waals surface area contributed by atoms with Crippen LogP contribution in [-0.4, -0.2) is 61.3 Å². The summed E-state index contributed by atoms with van der Waals surface area (Å²) < 4.78 is 4.11. The van der Waals surface area contributed by atoms with Gasteiger partial charge in [-0.3, -0.25) is 4.79 Å². The highest BCUT2D eigenvalue weighted by atomic mass is 16.2. The van der Waals surface area contributed by atoms with Crippen LogP contribution in [0.5, 0.6) is 0 Å². The van der Waals surface area contributed by atoms with E-state index in [-0.39, 0.29) is 0 Å². The molecule has 3 aliphatic rings. The number of aromatic nitrogens is 5. The lowest BCUT2D eigenvalue weighted by Gasteiger charge is -2.32. The fraction of sp³-hybridized carbons (Fsp3) is 0.667. The molecule has 3 fully saturated rings. The van der Waals surface area contributed by atoms with Crippen molar-refractivity contribution in [2.24, 2.45) is 24.8 Å². The normalized spacial score (nSPS) is 28.3. The first-order chi connectivity index (χ1) is 12.7. The minimum Gasteiger partial charge on any atom is -0.342 e. The molecule has 2 saturated heterocycles. The van der Waals surface area contributed by atoms with Crippen LogP contribution in [0.3, 0.4) is 0 Å². The Labute approximate surface area is 152 Å². The Bertz CT molecular complexity index is 781. The molecule has 1 amide bonds. The molecular weight excluding hydrogens is 330 g/mol. The first kappa shape index (κ1) is 16.0. The van der Waals surface area contributed by atoms with Crippen LogP contribution in [0.15, 0.2) is 18.7 Å². The maximum absolute atomic E-state index is 12.7. The number of piperidine rings is 2. The highest BCUT2D eigenvalue weighted by Gasteiger charge is 2.57. The topological polar surface area (TPSA) is 80.9 Å². The summed E-state index contributed by atoms with van der Waals surface area (Å²) in [5.74, 6) is 4.25. The lowest BCUT2D eigenvalue weighted by Crippen LogP contribution is -2.40. The molecule has 138 valence electrons. The van der Waals surface area contributed by atoms with Crippen LogP contribution >= 0.6 is 0 Å². The van der Waals surface area contributed by atoms with Crippen molar-refractivity contribution in [3.8, 4) is 0 Å². The van der Waals surface area contributed by atoms with E-state index in [4.69, 9.17) is 0 Å². The largest absolute Gasteiger partial charge is 0.342 e. The highest BCUT2D eigenvalue weighted by Crippen LogP contribution is 2.49. The maximum Gasteiger partial charge on any atom is 0.226 e. The van der Waals surface area contributed by atoms with E-state index in [1.165, 1.54) is 0 Å². The van der Waals surface area contributed by atoms with Crippen molar-refractivity contribution in [3.05, 3.63) is 30.4 Å². The number of hydrogen-bond acceptors (Lipinski definition) is 5. The lowest BCUT2D eigenvalue weighted by molar-refractivity contribution is -0.134. The van der Waals surface area contributed by atoms with E-state index in [1.807, 2.05) is 17.8 Å². The second-order valence-electron chi connectivity index (χ2n) is 7.88. The summed E-state index contributed by atoms with van der Waals surface area (Å²) >= 11 is 0. The Morgan fingerprint density at radius 2 is 2.00 bits per heavy atom. The van der Waals surface area contributed by atoms with Gasteiger partial charge >= 0.3 is 0 Å². The molecule has 2 unspecified atom stereocenters. The zero-order valence-electron chi connectivity index (χ0n) is 15.1. The van der Waals surface area contributed by atoms with Crippen molar-refractivity contribution >= 4 is 5.91 Å². The van der Waals surface area contributed by atoms with E-state index in [0.29, 0.717) is 36.1 Å². The second kappa shape index (κ2) is 6.19. The van der Waals surface area contributed by atoms with E-state index < -0.39 is 0 Å². The monoisotopic (exact) mass is 355 g/mol. The third-order valence-corrected chi connectivity index (χ3v) is 6.43. The van der Waals surface area contributed by atoms with Crippen LogP contribution in [0.25, 0.3) is 0 Å². The number of nitrogens with one attached hydrogen (secondary N) is 1. The Kier molecular flexibility index (Phi) is 3.81. The summed E-state index contributed by atoms with van der Waals surface area (Å²) in [5.41, 5.74) is 0. The average molecular weight is 355 g/mol. The Morgan fingerprint density at radius 3 is 2.69 bits per heavy atom. The van der Waals surface area contributed by atoms with Crippen LogP contribution in [0, 0.1) is 17.8 Å². The van der Waals surface area contributed by atoms with Crippen molar-refractivity contribution in [1.29, 1.82) is 0 Å². The predicted molar refractivity (Wildman–Crippen MR) is 94.2 cm³/mol. The minimum absolute atomic E-state index is 0.296. The number of likely N-dealkylation sites (tertiary alicyclic amines) is 1. The van der Waals surface area contributed by atoms with Crippen molar-refractivity contribution < 1.29 is 4.79 Å². The molecule has 2 aromatic heterocycles. The summed E-state index contributed by atoms with van der Waals surface area (Å²) in [6.45, 7) is 4.42. The van der Waals surface area contributed by atoms with Gasteiger partial charge in [0, 0.05) is 44.4 Å². The highest BCUT2D eigenvalue weighted by molar-refractivity contribution is 5.82. The van der Waals surface area contributed by atoms with Gasteiger partial charge in [0.1, 0.15) is 5.82 Å². The molecule has 1 N–H and O–H groups in total. The number of fused-ring (bicyclic) bond motifs is 1. The van der Waals surface area contributed by atoms with Crippen LogP contribution in [-0.2, 0) is 18.4 Å².